The standard InChI is InChI=1S/C14H22N2/c1-11-5-6-13(9-12(11)2)14(10-15)16-7-3-4-8-16/h5-6,9,14H,3-4,7-8,10,15H2,1-2H3/t14-/m1/s1. The summed E-state index contributed by atoms with van der Waals surface area (Å²) < 4.78 is 0. The van der Waals surface area contributed by atoms with Gasteiger partial charge in [0, 0.05) is 12.6 Å². The average Bonchev–Trinajstić information content (AvgIpc) is 2.78. The molecule has 0 amide bonds. The SMILES string of the molecule is Cc1ccc([C@@H](CN)N2CCCC2)cc1C. The van der Waals surface area contributed by atoms with Crippen molar-refractivity contribution in [2.45, 2.75) is 32.7 Å². The van der Waals surface area contributed by atoms with Crippen LogP contribution in [0.3, 0.4) is 0 Å². The Kier molecular flexibility index (Phi) is 3.62. The van der Waals surface area contributed by atoms with E-state index in [1.54, 1.807) is 0 Å². The van der Waals surface area contributed by atoms with Gasteiger partial charge in [-0.2, -0.15) is 0 Å². The summed E-state index contributed by atoms with van der Waals surface area (Å²) in [6.45, 7) is 7.47. The van der Waals surface area contributed by atoms with Crippen molar-refractivity contribution in [1.29, 1.82) is 0 Å². The molecule has 1 heterocycles. The molecule has 0 unspecified atom stereocenters. The van der Waals surface area contributed by atoms with Gasteiger partial charge in [-0.15, -0.1) is 0 Å². The summed E-state index contributed by atoms with van der Waals surface area (Å²) in [5.41, 5.74) is 10.0. The minimum Gasteiger partial charge on any atom is -0.329 e. The summed E-state index contributed by atoms with van der Waals surface area (Å²) in [6.07, 6.45) is 2.64. The maximum absolute atomic E-state index is 5.93. The van der Waals surface area contributed by atoms with Crippen molar-refractivity contribution < 1.29 is 0 Å². The maximum Gasteiger partial charge on any atom is 0.0470 e. The third-order valence-electron chi connectivity index (χ3n) is 3.72. The zero-order chi connectivity index (χ0) is 11.5. The molecule has 1 aliphatic rings. The third kappa shape index (κ3) is 2.28. The van der Waals surface area contributed by atoms with Crippen LogP contribution in [0.4, 0.5) is 0 Å². The lowest BCUT2D eigenvalue weighted by Gasteiger charge is -2.27. The number of likely N-dealkylation sites (tertiary alicyclic amines) is 1. The Morgan fingerprint density at radius 1 is 1.19 bits per heavy atom. The highest BCUT2D eigenvalue weighted by Crippen LogP contribution is 2.25. The molecule has 2 N–H and O–H groups in total. The van der Waals surface area contributed by atoms with Crippen LogP contribution < -0.4 is 5.73 Å². The largest absolute Gasteiger partial charge is 0.329 e. The third-order valence-corrected chi connectivity index (χ3v) is 3.72. The predicted molar refractivity (Wildman–Crippen MR) is 68.5 cm³/mol. The zero-order valence-corrected chi connectivity index (χ0v) is 10.4. The molecule has 0 aliphatic carbocycles. The second-order valence-corrected chi connectivity index (χ2v) is 4.84. The molecule has 1 atom stereocenters. The first-order valence-corrected chi connectivity index (χ1v) is 6.23. The van der Waals surface area contributed by atoms with Crippen LogP contribution in [0.1, 0.15) is 35.6 Å². The van der Waals surface area contributed by atoms with Gasteiger partial charge < -0.3 is 5.73 Å². The molecule has 2 rings (SSSR count). The van der Waals surface area contributed by atoms with E-state index in [4.69, 9.17) is 5.73 Å². The van der Waals surface area contributed by atoms with Crippen molar-refractivity contribution in [1.82, 2.24) is 4.90 Å². The summed E-state index contributed by atoms with van der Waals surface area (Å²) in [6, 6.07) is 7.16. The van der Waals surface area contributed by atoms with Crippen LogP contribution in [-0.2, 0) is 0 Å². The van der Waals surface area contributed by atoms with Crippen LogP contribution in [0.5, 0.6) is 0 Å². The molecular weight excluding hydrogens is 196 g/mol. The molecule has 16 heavy (non-hydrogen) atoms. The monoisotopic (exact) mass is 218 g/mol. The molecule has 2 heteroatoms. The van der Waals surface area contributed by atoms with Gasteiger partial charge in [0.25, 0.3) is 0 Å². The van der Waals surface area contributed by atoms with E-state index in [2.05, 4.69) is 36.9 Å². The Morgan fingerprint density at radius 3 is 2.44 bits per heavy atom. The lowest BCUT2D eigenvalue weighted by atomic mass is 10.0. The summed E-state index contributed by atoms with van der Waals surface area (Å²) in [5, 5.41) is 0. The Balaban J connectivity index is 2.22. The van der Waals surface area contributed by atoms with E-state index in [0.717, 1.165) is 6.54 Å². The van der Waals surface area contributed by atoms with Gasteiger partial charge in [-0.05, 0) is 56.5 Å². The van der Waals surface area contributed by atoms with Gasteiger partial charge in [-0.3, -0.25) is 4.90 Å². The first-order valence-electron chi connectivity index (χ1n) is 6.23. The first-order chi connectivity index (χ1) is 7.72. The lowest BCUT2D eigenvalue weighted by molar-refractivity contribution is 0.251. The van der Waals surface area contributed by atoms with E-state index in [1.165, 1.54) is 42.6 Å². The number of hydrogen-bond donors (Lipinski definition) is 1. The molecule has 1 saturated heterocycles. The Labute approximate surface area is 98.4 Å². The molecule has 0 radical (unpaired) electrons. The highest BCUT2D eigenvalue weighted by Gasteiger charge is 2.22. The molecular formula is C14H22N2. The predicted octanol–water partition coefficient (Wildman–Crippen LogP) is 2.40. The maximum atomic E-state index is 5.93. The zero-order valence-electron chi connectivity index (χ0n) is 10.4. The fourth-order valence-corrected chi connectivity index (χ4v) is 2.52. The molecule has 2 nitrogen and oxygen atoms in total. The molecule has 0 bridgehead atoms. The Hall–Kier alpha value is -0.860. The minimum atomic E-state index is 0.418. The van der Waals surface area contributed by atoms with Crippen LogP contribution in [0.2, 0.25) is 0 Å². The number of rotatable bonds is 3. The number of benzene rings is 1. The number of hydrogen-bond acceptors (Lipinski definition) is 2. The number of nitrogens with zero attached hydrogens (tertiary/aromatic N) is 1. The summed E-state index contributed by atoms with van der Waals surface area (Å²) in [5.74, 6) is 0. The van der Waals surface area contributed by atoms with Gasteiger partial charge in [-0.1, -0.05) is 18.2 Å². The van der Waals surface area contributed by atoms with Crippen molar-refractivity contribution >= 4 is 0 Å². The van der Waals surface area contributed by atoms with Crippen molar-refractivity contribution in [2.24, 2.45) is 5.73 Å². The molecule has 0 saturated carbocycles. The van der Waals surface area contributed by atoms with Gasteiger partial charge in [0.2, 0.25) is 0 Å². The molecule has 0 spiro atoms. The van der Waals surface area contributed by atoms with Crippen LogP contribution >= 0.6 is 0 Å². The molecule has 0 aromatic heterocycles. The topological polar surface area (TPSA) is 29.3 Å². The average molecular weight is 218 g/mol. The van der Waals surface area contributed by atoms with Gasteiger partial charge in [-0.25, -0.2) is 0 Å². The Morgan fingerprint density at radius 2 is 1.88 bits per heavy atom. The van der Waals surface area contributed by atoms with E-state index in [1.807, 2.05) is 0 Å². The molecule has 88 valence electrons. The van der Waals surface area contributed by atoms with Crippen LogP contribution in [0.15, 0.2) is 18.2 Å². The summed E-state index contributed by atoms with van der Waals surface area (Å²) in [7, 11) is 0. The molecule has 1 fully saturated rings. The van der Waals surface area contributed by atoms with Crippen molar-refractivity contribution in [3.8, 4) is 0 Å². The second kappa shape index (κ2) is 4.98. The van der Waals surface area contributed by atoms with Crippen LogP contribution in [-0.4, -0.2) is 24.5 Å². The fraction of sp³-hybridized carbons (Fsp3) is 0.571. The van der Waals surface area contributed by atoms with Gasteiger partial charge in [0.05, 0.1) is 0 Å². The minimum absolute atomic E-state index is 0.418. The van der Waals surface area contributed by atoms with E-state index in [9.17, 15) is 0 Å². The summed E-state index contributed by atoms with van der Waals surface area (Å²) >= 11 is 0. The van der Waals surface area contributed by atoms with E-state index >= 15 is 0 Å². The molecule has 1 aromatic rings. The highest BCUT2D eigenvalue weighted by molar-refractivity contribution is 5.32. The van der Waals surface area contributed by atoms with E-state index < -0.39 is 0 Å². The number of aryl methyl sites for hydroxylation is 2. The van der Waals surface area contributed by atoms with Crippen molar-refractivity contribution in [3.63, 3.8) is 0 Å². The van der Waals surface area contributed by atoms with Gasteiger partial charge in [0.1, 0.15) is 0 Å². The molecule has 1 aliphatic heterocycles. The van der Waals surface area contributed by atoms with Gasteiger partial charge >= 0.3 is 0 Å². The fourth-order valence-electron chi connectivity index (χ4n) is 2.52. The van der Waals surface area contributed by atoms with Crippen molar-refractivity contribution in [2.75, 3.05) is 19.6 Å². The quantitative estimate of drug-likeness (QED) is 0.844. The second-order valence-electron chi connectivity index (χ2n) is 4.84. The van der Waals surface area contributed by atoms with Crippen molar-refractivity contribution in [3.05, 3.63) is 34.9 Å². The normalized spacial score (nSPS) is 18.9. The molecule has 1 aromatic carbocycles. The van der Waals surface area contributed by atoms with Crippen LogP contribution in [0, 0.1) is 13.8 Å². The first kappa shape index (κ1) is 11.6. The summed E-state index contributed by atoms with van der Waals surface area (Å²) in [4.78, 5) is 2.52. The van der Waals surface area contributed by atoms with Gasteiger partial charge in [0.15, 0.2) is 0 Å². The smallest absolute Gasteiger partial charge is 0.0470 e. The highest BCUT2D eigenvalue weighted by atomic mass is 15.2. The van der Waals surface area contributed by atoms with E-state index in [-0.39, 0.29) is 0 Å². The van der Waals surface area contributed by atoms with E-state index in [0.29, 0.717) is 6.04 Å². The lowest BCUT2D eigenvalue weighted by Crippen LogP contribution is -2.31. The Bertz CT molecular complexity index is 354. The number of nitrogens with two attached hydrogens (primary N) is 1. The van der Waals surface area contributed by atoms with Crippen LogP contribution in [0.25, 0.3) is 0 Å².